The van der Waals surface area contributed by atoms with Crippen molar-refractivity contribution in [1.82, 2.24) is 9.97 Å². The Hall–Kier alpha value is -2.51. The van der Waals surface area contributed by atoms with Crippen molar-refractivity contribution in [2.24, 2.45) is 0 Å². The van der Waals surface area contributed by atoms with Crippen LogP contribution in [0.25, 0.3) is 0 Å². The number of hydrogen-bond donors (Lipinski definition) is 3. The first-order valence-corrected chi connectivity index (χ1v) is 8.17. The Bertz CT molecular complexity index is 786. The fourth-order valence-corrected chi connectivity index (χ4v) is 3.00. The van der Waals surface area contributed by atoms with E-state index in [1.165, 1.54) is 18.8 Å². The molecule has 0 unspecified atom stereocenters. The third-order valence-electron chi connectivity index (χ3n) is 4.37. The van der Waals surface area contributed by atoms with Crippen LogP contribution in [0.2, 0.25) is 0 Å². The van der Waals surface area contributed by atoms with Crippen LogP contribution in [0.4, 0.5) is 5.82 Å². The van der Waals surface area contributed by atoms with Gasteiger partial charge in [-0.05, 0) is 37.8 Å². The van der Waals surface area contributed by atoms with Gasteiger partial charge in [-0.15, -0.1) is 0 Å². The molecule has 0 aliphatic heterocycles. The minimum absolute atomic E-state index is 0.0415. The zero-order valence-electron chi connectivity index (χ0n) is 14.0. The van der Waals surface area contributed by atoms with E-state index in [0.717, 1.165) is 12.8 Å². The number of nitrogens with zero attached hydrogens (tertiary/aromatic N) is 2. The highest BCUT2D eigenvalue weighted by molar-refractivity contribution is 6.10. The van der Waals surface area contributed by atoms with Crippen LogP contribution in [0.3, 0.4) is 0 Å². The van der Waals surface area contributed by atoms with Crippen molar-refractivity contribution in [3.8, 4) is 0 Å². The molecule has 7 nitrogen and oxygen atoms in total. The molecule has 3 atom stereocenters. The number of hydrogen-bond acceptors (Lipinski definition) is 7. The van der Waals surface area contributed by atoms with E-state index in [0.29, 0.717) is 23.4 Å². The van der Waals surface area contributed by atoms with Gasteiger partial charge in [0.05, 0.1) is 17.9 Å². The zero-order chi connectivity index (χ0) is 18.0. The Morgan fingerprint density at radius 3 is 2.96 bits per heavy atom. The largest absolute Gasteiger partial charge is 0.460 e. The van der Waals surface area contributed by atoms with E-state index >= 15 is 0 Å². The number of ketones is 1. The first kappa shape index (κ1) is 17.3. The predicted octanol–water partition coefficient (Wildman–Crippen LogP) is 2.24. The summed E-state index contributed by atoms with van der Waals surface area (Å²) in [5.74, 6) is 0.0213. The van der Waals surface area contributed by atoms with Crippen molar-refractivity contribution in [3.05, 3.63) is 53.9 Å². The number of aliphatic hydroxyl groups excluding tert-OH is 2. The second-order valence-electron chi connectivity index (χ2n) is 6.38. The highest BCUT2D eigenvalue weighted by Crippen LogP contribution is 2.29. The monoisotopic (exact) mass is 343 g/mol. The lowest BCUT2D eigenvalue weighted by molar-refractivity contribution is 0.100. The molecule has 1 fully saturated rings. The number of rotatable bonds is 6. The van der Waals surface area contributed by atoms with Crippen molar-refractivity contribution >= 4 is 11.6 Å². The molecular weight excluding hydrogens is 322 g/mol. The van der Waals surface area contributed by atoms with Crippen molar-refractivity contribution in [2.75, 3.05) is 5.32 Å². The van der Waals surface area contributed by atoms with E-state index in [-0.39, 0.29) is 23.5 Å². The van der Waals surface area contributed by atoms with Gasteiger partial charge in [0, 0.05) is 17.8 Å². The first-order chi connectivity index (χ1) is 12.0. The number of aromatic nitrogens is 2. The molecule has 2 aromatic rings. The van der Waals surface area contributed by atoms with Gasteiger partial charge in [0.2, 0.25) is 5.78 Å². The maximum atomic E-state index is 12.9. The number of carbonyl (C=O) groups is 1. The van der Waals surface area contributed by atoms with Crippen molar-refractivity contribution in [3.63, 3.8) is 0 Å². The summed E-state index contributed by atoms with van der Waals surface area (Å²) in [6.07, 6.45) is 4.96. The molecule has 2 aromatic heterocycles. The molecule has 1 aliphatic carbocycles. The minimum atomic E-state index is -0.983. The molecule has 2 heterocycles. The van der Waals surface area contributed by atoms with E-state index in [4.69, 9.17) is 4.42 Å². The number of carbonyl (C=O) groups excluding carboxylic acids is 1. The Labute approximate surface area is 145 Å². The molecule has 1 saturated carbocycles. The lowest BCUT2D eigenvalue weighted by Gasteiger charge is -2.15. The van der Waals surface area contributed by atoms with Crippen LogP contribution in [0.15, 0.2) is 41.4 Å². The van der Waals surface area contributed by atoms with Gasteiger partial charge in [0.15, 0.2) is 5.76 Å². The average molecular weight is 343 g/mol. The minimum Gasteiger partial charge on any atom is -0.460 e. The smallest absolute Gasteiger partial charge is 0.233 e. The number of anilines is 1. The molecule has 7 heteroatoms. The van der Waals surface area contributed by atoms with E-state index in [1.54, 1.807) is 13.0 Å². The molecule has 0 amide bonds. The third kappa shape index (κ3) is 3.62. The fourth-order valence-electron chi connectivity index (χ4n) is 3.00. The van der Waals surface area contributed by atoms with Crippen LogP contribution >= 0.6 is 0 Å². The van der Waals surface area contributed by atoms with Gasteiger partial charge in [0.25, 0.3) is 0 Å². The van der Waals surface area contributed by atoms with Crippen LogP contribution in [-0.2, 0) is 0 Å². The number of nitrogens with one attached hydrogen (secondary N) is 1. The molecule has 3 N–H and O–H groups in total. The van der Waals surface area contributed by atoms with Crippen LogP contribution in [0.5, 0.6) is 0 Å². The van der Waals surface area contributed by atoms with Crippen molar-refractivity contribution < 1.29 is 19.4 Å². The van der Waals surface area contributed by atoms with E-state index < -0.39 is 11.9 Å². The molecule has 1 aliphatic rings. The molecule has 3 rings (SSSR count). The van der Waals surface area contributed by atoms with Gasteiger partial charge in [-0.2, -0.15) is 0 Å². The van der Waals surface area contributed by atoms with E-state index in [1.807, 2.05) is 0 Å². The average Bonchev–Trinajstić information content (AvgIpc) is 3.23. The maximum absolute atomic E-state index is 12.9. The fraction of sp³-hybridized carbons (Fsp3) is 0.389. The van der Waals surface area contributed by atoms with Gasteiger partial charge in [0.1, 0.15) is 18.2 Å². The Kier molecular flexibility index (Phi) is 4.96. The predicted molar refractivity (Wildman–Crippen MR) is 91.2 cm³/mol. The molecule has 0 spiro atoms. The first-order valence-electron chi connectivity index (χ1n) is 8.17. The molecular formula is C18H21N3O4. The Balaban J connectivity index is 1.89. The van der Waals surface area contributed by atoms with Gasteiger partial charge < -0.3 is 19.9 Å². The van der Waals surface area contributed by atoms with E-state index in [2.05, 4.69) is 21.9 Å². The lowest BCUT2D eigenvalue weighted by atomic mass is 10.0. The van der Waals surface area contributed by atoms with Crippen LogP contribution in [-0.4, -0.2) is 38.1 Å². The summed E-state index contributed by atoms with van der Waals surface area (Å²) in [7, 11) is 0. The highest BCUT2D eigenvalue weighted by atomic mass is 16.3. The molecule has 0 aromatic carbocycles. The second kappa shape index (κ2) is 7.16. The summed E-state index contributed by atoms with van der Waals surface area (Å²) >= 11 is 0. The maximum Gasteiger partial charge on any atom is 0.233 e. The number of furan rings is 1. The summed E-state index contributed by atoms with van der Waals surface area (Å²) in [5.41, 5.74) is 1.13. The Morgan fingerprint density at radius 2 is 2.28 bits per heavy atom. The van der Waals surface area contributed by atoms with Gasteiger partial charge >= 0.3 is 0 Å². The third-order valence-corrected chi connectivity index (χ3v) is 4.37. The summed E-state index contributed by atoms with van der Waals surface area (Å²) in [4.78, 5) is 21.0. The van der Waals surface area contributed by atoms with Gasteiger partial charge in [-0.25, -0.2) is 9.97 Å². The quantitative estimate of drug-likeness (QED) is 0.545. The van der Waals surface area contributed by atoms with Crippen LogP contribution in [0, 0.1) is 0 Å². The molecule has 132 valence electrons. The van der Waals surface area contributed by atoms with Gasteiger partial charge in [-0.1, -0.05) is 6.58 Å². The lowest BCUT2D eigenvalue weighted by Crippen LogP contribution is -2.20. The molecule has 25 heavy (non-hydrogen) atoms. The van der Waals surface area contributed by atoms with Crippen molar-refractivity contribution in [2.45, 2.75) is 44.4 Å². The standard InChI is InChI=1S/C18H21N3O4/c1-10(2)15(23)13-5-6-25-17(13)16(24)14-8-19-9-20-18(14)21-11-3-4-12(22)7-11/h5-6,8-9,11-12,15,22-23H,1,3-4,7H2,2H3,(H,19,20,21)/t11-,12+,15-/m1/s1. The molecule has 0 radical (unpaired) electrons. The second-order valence-corrected chi connectivity index (χ2v) is 6.38. The zero-order valence-corrected chi connectivity index (χ0v) is 14.0. The Morgan fingerprint density at radius 1 is 1.48 bits per heavy atom. The van der Waals surface area contributed by atoms with Crippen molar-refractivity contribution in [1.29, 1.82) is 0 Å². The summed E-state index contributed by atoms with van der Waals surface area (Å²) in [6.45, 7) is 5.39. The van der Waals surface area contributed by atoms with Crippen LogP contribution in [0.1, 0.15) is 54.0 Å². The normalized spacial score (nSPS) is 21.1. The summed E-state index contributed by atoms with van der Waals surface area (Å²) in [6, 6.07) is 1.60. The molecule has 0 saturated heterocycles. The number of aliphatic hydroxyl groups is 2. The van der Waals surface area contributed by atoms with E-state index in [9.17, 15) is 15.0 Å². The summed E-state index contributed by atoms with van der Waals surface area (Å²) < 4.78 is 5.32. The van der Waals surface area contributed by atoms with Gasteiger partial charge in [-0.3, -0.25) is 4.79 Å². The molecule has 0 bridgehead atoms. The van der Waals surface area contributed by atoms with Crippen LogP contribution < -0.4 is 5.32 Å². The highest BCUT2D eigenvalue weighted by Gasteiger charge is 2.28. The summed E-state index contributed by atoms with van der Waals surface area (Å²) in [5, 5.41) is 23.1. The topological polar surface area (TPSA) is 108 Å². The SMILES string of the molecule is C=C(C)[C@@H](O)c1ccoc1C(=O)c1cncnc1N[C@@H]1CC[C@H](O)C1.